The van der Waals surface area contributed by atoms with E-state index in [4.69, 9.17) is 9.47 Å². The van der Waals surface area contributed by atoms with Crippen LogP contribution in [-0.2, 0) is 9.47 Å². The number of ether oxygens (including phenoxy) is 2. The number of rotatable bonds is 7. The van der Waals surface area contributed by atoms with E-state index in [1.807, 2.05) is 19.9 Å². The van der Waals surface area contributed by atoms with Crippen molar-refractivity contribution in [2.24, 2.45) is 0 Å². The van der Waals surface area contributed by atoms with Crippen molar-refractivity contribution in [1.82, 2.24) is 0 Å². The van der Waals surface area contributed by atoms with Gasteiger partial charge in [0.15, 0.2) is 5.79 Å². The van der Waals surface area contributed by atoms with Crippen molar-refractivity contribution in [3.8, 4) is 0 Å². The Morgan fingerprint density at radius 2 is 2.07 bits per heavy atom. The van der Waals surface area contributed by atoms with Crippen LogP contribution in [0, 0.1) is 6.92 Å². The van der Waals surface area contributed by atoms with Crippen LogP contribution in [0.15, 0.2) is 12.2 Å². The maximum absolute atomic E-state index is 5.83. The molecule has 0 N–H and O–H groups in total. The van der Waals surface area contributed by atoms with Crippen LogP contribution in [-0.4, -0.2) is 19.0 Å². The molecule has 0 spiro atoms. The van der Waals surface area contributed by atoms with Gasteiger partial charge in [-0.3, -0.25) is 0 Å². The van der Waals surface area contributed by atoms with Crippen molar-refractivity contribution < 1.29 is 9.47 Å². The van der Waals surface area contributed by atoms with Gasteiger partial charge in [-0.2, -0.15) is 0 Å². The van der Waals surface area contributed by atoms with Crippen molar-refractivity contribution in [2.75, 3.05) is 7.11 Å². The predicted octanol–water partition coefficient (Wildman–Crippen LogP) is 3.33. The third-order valence-corrected chi connectivity index (χ3v) is 2.05. The second-order valence-corrected chi connectivity index (χ2v) is 3.71. The summed E-state index contributed by atoms with van der Waals surface area (Å²) >= 11 is 0. The number of allylic oxidation sites excluding steroid dienone is 1. The first-order valence-corrected chi connectivity index (χ1v) is 5.27. The Kier molecular flexibility index (Phi) is 6.85. The zero-order valence-electron chi connectivity index (χ0n) is 9.88. The lowest BCUT2D eigenvalue weighted by Crippen LogP contribution is -2.36. The largest absolute Gasteiger partial charge is 0.353 e. The molecule has 83 valence electrons. The molecule has 0 aromatic carbocycles. The monoisotopic (exact) mass is 199 g/mol. The highest BCUT2D eigenvalue weighted by atomic mass is 16.7. The van der Waals surface area contributed by atoms with Gasteiger partial charge in [0.1, 0.15) is 0 Å². The van der Waals surface area contributed by atoms with Crippen LogP contribution in [0.1, 0.15) is 40.0 Å². The Balaban J connectivity index is 4.41. The lowest BCUT2D eigenvalue weighted by atomic mass is 10.1. The van der Waals surface area contributed by atoms with Crippen LogP contribution in [0.2, 0.25) is 0 Å². The van der Waals surface area contributed by atoms with E-state index >= 15 is 0 Å². The molecule has 0 aliphatic carbocycles. The molecule has 0 aliphatic rings. The Hall–Kier alpha value is -0.340. The van der Waals surface area contributed by atoms with Gasteiger partial charge < -0.3 is 9.47 Å². The average Bonchev–Trinajstić information content (AvgIpc) is 2.14. The van der Waals surface area contributed by atoms with E-state index in [9.17, 15) is 0 Å². The van der Waals surface area contributed by atoms with Gasteiger partial charge >= 0.3 is 0 Å². The highest BCUT2D eigenvalue weighted by Crippen LogP contribution is 2.25. The molecule has 0 aromatic rings. The molecule has 0 amide bonds. The number of hydrogen-bond acceptors (Lipinski definition) is 2. The minimum atomic E-state index is -0.461. The van der Waals surface area contributed by atoms with E-state index in [0.717, 1.165) is 19.3 Å². The molecule has 2 heteroatoms. The summed E-state index contributed by atoms with van der Waals surface area (Å²) in [6, 6.07) is 0. The summed E-state index contributed by atoms with van der Waals surface area (Å²) in [7, 11) is 1.70. The molecule has 2 nitrogen and oxygen atoms in total. The van der Waals surface area contributed by atoms with Gasteiger partial charge in [0.05, 0.1) is 6.10 Å². The zero-order chi connectivity index (χ0) is 11.0. The SMILES string of the molecule is [CH2]C=CCC(CCC)(OC)OC(C)C. The minimum absolute atomic E-state index is 0.180. The minimum Gasteiger partial charge on any atom is -0.353 e. The molecule has 14 heavy (non-hydrogen) atoms. The fourth-order valence-corrected chi connectivity index (χ4v) is 1.52. The van der Waals surface area contributed by atoms with Crippen LogP contribution >= 0.6 is 0 Å². The summed E-state index contributed by atoms with van der Waals surface area (Å²) in [6.45, 7) is 9.85. The summed E-state index contributed by atoms with van der Waals surface area (Å²) < 4.78 is 11.3. The fourth-order valence-electron chi connectivity index (χ4n) is 1.52. The quantitative estimate of drug-likeness (QED) is 0.585. The van der Waals surface area contributed by atoms with Gasteiger partial charge in [-0.05, 0) is 20.8 Å². The maximum atomic E-state index is 5.83. The summed E-state index contributed by atoms with van der Waals surface area (Å²) in [5.74, 6) is -0.461. The van der Waals surface area contributed by atoms with Gasteiger partial charge in [-0.15, -0.1) is 0 Å². The first-order valence-electron chi connectivity index (χ1n) is 5.27. The smallest absolute Gasteiger partial charge is 0.171 e. The van der Waals surface area contributed by atoms with Crippen molar-refractivity contribution in [3.05, 3.63) is 19.1 Å². The van der Waals surface area contributed by atoms with Crippen LogP contribution in [0.3, 0.4) is 0 Å². The molecule has 1 atom stereocenters. The summed E-state index contributed by atoms with van der Waals surface area (Å²) in [5, 5.41) is 0. The molecule has 0 fully saturated rings. The molecule has 0 saturated heterocycles. The Morgan fingerprint density at radius 1 is 1.43 bits per heavy atom. The number of hydrogen-bond donors (Lipinski definition) is 0. The second-order valence-electron chi connectivity index (χ2n) is 3.71. The topological polar surface area (TPSA) is 18.5 Å². The molecule has 0 aliphatic heterocycles. The van der Waals surface area contributed by atoms with Crippen molar-refractivity contribution in [3.63, 3.8) is 0 Å². The highest BCUT2D eigenvalue weighted by Gasteiger charge is 2.29. The van der Waals surface area contributed by atoms with Gasteiger partial charge in [0, 0.05) is 20.0 Å². The molecule has 1 unspecified atom stereocenters. The maximum Gasteiger partial charge on any atom is 0.171 e. The number of methoxy groups -OCH3 is 1. The van der Waals surface area contributed by atoms with Crippen LogP contribution in [0.5, 0.6) is 0 Å². The Bertz CT molecular complexity index is 164. The Labute approximate surface area is 88.3 Å². The van der Waals surface area contributed by atoms with Gasteiger partial charge in [-0.25, -0.2) is 0 Å². The van der Waals surface area contributed by atoms with Crippen LogP contribution in [0.25, 0.3) is 0 Å². The molecule has 0 rings (SSSR count). The molecule has 1 radical (unpaired) electrons. The highest BCUT2D eigenvalue weighted by molar-refractivity contribution is 4.89. The first kappa shape index (κ1) is 13.7. The standard InChI is InChI=1S/C12H23O2/c1-6-8-10-12(13-5,9-7-2)14-11(3)4/h6,8,11H,1,7,9-10H2,2-5H3. The van der Waals surface area contributed by atoms with Gasteiger partial charge in [0.2, 0.25) is 0 Å². The molecule has 0 bridgehead atoms. The molecule has 0 heterocycles. The van der Waals surface area contributed by atoms with Crippen LogP contribution < -0.4 is 0 Å². The molecule has 0 aromatic heterocycles. The average molecular weight is 199 g/mol. The first-order chi connectivity index (χ1) is 6.60. The predicted molar refractivity (Wildman–Crippen MR) is 60.0 cm³/mol. The lowest BCUT2D eigenvalue weighted by molar-refractivity contribution is -0.241. The normalized spacial score (nSPS) is 16.4. The molecular formula is C12H23O2. The summed E-state index contributed by atoms with van der Waals surface area (Å²) in [5.41, 5.74) is 0. The van der Waals surface area contributed by atoms with Gasteiger partial charge in [-0.1, -0.05) is 25.5 Å². The molecular weight excluding hydrogens is 176 g/mol. The van der Waals surface area contributed by atoms with E-state index in [-0.39, 0.29) is 6.10 Å². The van der Waals surface area contributed by atoms with Crippen molar-refractivity contribution in [1.29, 1.82) is 0 Å². The third-order valence-electron chi connectivity index (χ3n) is 2.05. The fraction of sp³-hybridized carbons (Fsp3) is 0.750. The van der Waals surface area contributed by atoms with Gasteiger partial charge in [0.25, 0.3) is 0 Å². The van der Waals surface area contributed by atoms with Crippen molar-refractivity contribution >= 4 is 0 Å². The lowest BCUT2D eigenvalue weighted by Gasteiger charge is -2.33. The van der Waals surface area contributed by atoms with E-state index in [1.165, 1.54) is 0 Å². The zero-order valence-corrected chi connectivity index (χ0v) is 9.88. The second kappa shape index (κ2) is 7.02. The summed E-state index contributed by atoms with van der Waals surface area (Å²) in [6.07, 6.45) is 6.67. The summed E-state index contributed by atoms with van der Waals surface area (Å²) in [4.78, 5) is 0. The van der Waals surface area contributed by atoms with E-state index in [1.54, 1.807) is 13.2 Å². The van der Waals surface area contributed by atoms with Crippen molar-refractivity contribution in [2.45, 2.75) is 51.9 Å². The van der Waals surface area contributed by atoms with E-state index < -0.39 is 5.79 Å². The molecule has 0 saturated carbocycles. The van der Waals surface area contributed by atoms with Crippen LogP contribution in [0.4, 0.5) is 0 Å². The Morgan fingerprint density at radius 3 is 2.43 bits per heavy atom. The van der Waals surface area contributed by atoms with E-state index in [0.29, 0.717) is 0 Å². The van der Waals surface area contributed by atoms with E-state index in [2.05, 4.69) is 13.8 Å². The third kappa shape index (κ3) is 4.77.